The lowest BCUT2D eigenvalue weighted by Gasteiger charge is -2.56. The molecule has 4 bridgehead atoms. The summed E-state index contributed by atoms with van der Waals surface area (Å²) in [6.45, 7) is 3.13. The number of carbonyl (C=O) groups excluding carboxylic acids is 1. The van der Waals surface area contributed by atoms with Gasteiger partial charge in [0.05, 0.1) is 19.3 Å². The predicted octanol–water partition coefficient (Wildman–Crippen LogP) is 2.80. The first-order valence-electron chi connectivity index (χ1n) is 9.84. The Morgan fingerprint density at radius 2 is 1.80 bits per heavy atom. The molecule has 4 aliphatic rings. The van der Waals surface area contributed by atoms with E-state index >= 15 is 0 Å². The van der Waals surface area contributed by atoms with Crippen LogP contribution in [0.5, 0.6) is 5.75 Å². The molecule has 0 radical (unpaired) electrons. The zero-order valence-corrected chi connectivity index (χ0v) is 15.5. The van der Waals surface area contributed by atoms with E-state index in [9.17, 15) is 4.79 Å². The van der Waals surface area contributed by atoms with Crippen LogP contribution in [-0.2, 0) is 4.79 Å². The fourth-order valence-corrected chi connectivity index (χ4v) is 6.07. The summed E-state index contributed by atoms with van der Waals surface area (Å²) in [5, 5.41) is 5.30. The standard InChI is InChI=1S/C21H30N2O2/c1-14(20(24)23-18-5-3-4-6-19(18)25-2)22-13-21-10-15-7-16(11-21)9-17(8-15)12-21/h3-6,14-17,22H,7-13H2,1-2H3,(H,23,24)/p+1/t14-,15?,16?,17?,21?/m0/s1. The fourth-order valence-electron chi connectivity index (χ4n) is 6.07. The Hall–Kier alpha value is -1.55. The molecule has 4 nitrogen and oxygen atoms in total. The largest absolute Gasteiger partial charge is 0.495 e. The van der Waals surface area contributed by atoms with Gasteiger partial charge in [-0.2, -0.15) is 0 Å². The van der Waals surface area contributed by atoms with Crippen LogP contribution in [-0.4, -0.2) is 25.6 Å². The minimum atomic E-state index is -0.0714. The van der Waals surface area contributed by atoms with Crippen molar-refractivity contribution < 1.29 is 14.8 Å². The lowest BCUT2D eigenvalue weighted by atomic mass is 9.49. The van der Waals surface area contributed by atoms with Gasteiger partial charge in [-0.25, -0.2) is 0 Å². The number of amides is 1. The highest BCUT2D eigenvalue weighted by Gasteiger charge is 2.51. The molecule has 1 amide bonds. The third-order valence-corrected chi connectivity index (χ3v) is 6.85. The summed E-state index contributed by atoms with van der Waals surface area (Å²) in [6, 6.07) is 7.53. The van der Waals surface area contributed by atoms with Crippen LogP contribution < -0.4 is 15.4 Å². The van der Waals surface area contributed by atoms with Crippen molar-refractivity contribution in [3.63, 3.8) is 0 Å². The van der Waals surface area contributed by atoms with Crippen LogP contribution in [0.2, 0.25) is 0 Å². The number of hydrogen-bond donors (Lipinski definition) is 2. The molecule has 4 saturated carbocycles. The van der Waals surface area contributed by atoms with Crippen molar-refractivity contribution in [2.24, 2.45) is 23.2 Å². The summed E-state index contributed by atoms with van der Waals surface area (Å²) in [7, 11) is 1.63. The summed E-state index contributed by atoms with van der Waals surface area (Å²) >= 11 is 0. The molecule has 136 valence electrons. The van der Waals surface area contributed by atoms with Gasteiger partial charge in [0, 0.05) is 5.41 Å². The number of hydrogen-bond acceptors (Lipinski definition) is 2. The van der Waals surface area contributed by atoms with Crippen molar-refractivity contribution in [1.29, 1.82) is 0 Å². The van der Waals surface area contributed by atoms with Gasteiger partial charge in [-0.05, 0) is 75.3 Å². The SMILES string of the molecule is COc1ccccc1NC(=O)[C@H](C)[NH2+]CC12CC3CC(CC(C3)C1)C2. The Bertz CT molecular complexity index is 607. The maximum absolute atomic E-state index is 12.6. The molecule has 4 fully saturated rings. The number of carbonyl (C=O) groups is 1. The fraction of sp³-hybridized carbons (Fsp3) is 0.667. The normalized spacial score (nSPS) is 33.9. The summed E-state index contributed by atoms with van der Waals surface area (Å²) in [4.78, 5) is 12.6. The minimum absolute atomic E-state index is 0.0641. The van der Waals surface area contributed by atoms with Crippen molar-refractivity contribution in [3.05, 3.63) is 24.3 Å². The van der Waals surface area contributed by atoms with E-state index < -0.39 is 0 Å². The number of ether oxygens (including phenoxy) is 1. The molecule has 0 aliphatic heterocycles. The van der Waals surface area contributed by atoms with Gasteiger partial charge in [-0.1, -0.05) is 12.1 Å². The second-order valence-electron chi connectivity index (χ2n) is 8.84. The zero-order valence-electron chi connectivity index (χ0n) is 15.5. The Kier molecular flexibility index (Phi) is 4.48. The lowest BCUT2D eigenvalue weighted by Crippen LogP contribution is -2.94. The van der Waals surface area contributed by atoms with Crippen molar-refractivity contribution in [2.45, 2.75) is 51.5 Å². The van der Waals surface area contributed by atoms with Gasteiger partial charge in [0.1, 0.15) is 5.75 Å². The first-order valence-corrected chi connectivity index (χ1v) is 9.84. The first-order chi connectivity index (χ1) is 12.1. The molecule has 0 heterocycles. The van der Waals surface area contributed by atoms with Crippen LogP contribution in [0, 0.1) is 23.2 Å². The van der Waals surface area contributed by atoms with Crippen LogP contribution in [0.4, 0.5) is 5.69 Å². The lowest BCUT2D eigenvalue weighted by molar-refractivity contribution is -0.686. The molecule has 1 aromatic carbocycles. The van der Waals surface area contributed by atoms with Crippen LogP contribution in [0.1, 0.15) is 45.4 Å². The van der Waals surface area contributed by atoms with Gasteiger partial charge in [0.15, 0.2) is 6.04 Å². The van der Waals surface area contributed by atoms with Gasteiger partial charge in [0.2, 0.25) is 0 Å². The van der Waals surface area contributed by atoms with E-state index in [4.69, 9.17) is 4.74 Å². The molecule has 0 spiro atoms. The Balaban J connectivity index is 1.34. The monoisotopic (exact) mass is 343 g/mol. The molecule has 0 unspecified atom stereocenters. The zero-order chi connectivity index (χ0) is 17.4. The van der Waals surface area contributed by atoms with Gasteiger partial charge >= 0.3 is 0 Å². The summed E-state index contributed by atoms with van der Waals surface area (Å²) in [5.41, 5.74) is 1.26. The minimum Gasteiger partial charge on any atom is -0.495 e. The molecule has 5 rings (SSSR count). The third-order valence-electron chi connectivity index (χ3n) is 6.85. The Labute approximate surface area is 150 Å². The van der Waals surface area contributed by atoms with Crippen LogP contribution in [0.3, 0.4) is 0 Å². The molecule has 3 N–H and O–H groups in total. The maximum Gasteiger partial charge on any atom is 0.282 e. The van der Waals surface area contributed by atoms with Crippen molar-refractivity contribution in [1.82, 2.24) is 0 Å². The topological polar surface area (TPSA) is 54.9 Å². The second-order valence-corrected chi connectivity index (χ2v) is 8.84. The third kappa shape index (κ3) is 3.41. The van der Waals surface area contributed by atoms with E-state index in [0.29, 0.717) is 11.2 Å². The van der Waals surface area contributed by atoms with E-state index in [-0.39, 0.29) is 11.9 Å². The van der Waals surface area contributed by atoms with Crippen LogP contribution >= 0.6 is 0 Å². The van der Waals surface area contributed by atoms with Gasteiger partial charge < -0.3 is 15.4 Å². The van der Waals surface area contributed by atoms with Crippen LogP contribution in [0.25, 0.3) is 0 Å². The number of benzene rings is 1. The maximum atomic E-state index is 12.6. The Morgan fingerprint density at radius 3 is 2.40 bits per heavy atom. The number of nitrogens with one attached hydrogen (secondary N) is 1. The molecule has 4 heteroatoms. The molecule has 1 aromatic rings. The highest BCUT2D eigenvalue weighted by molar-refractivity contribution is 5.94. The molecule has 1 atom stereocenters. The number of anilines is 1. The smallest absolute Gasteiger partial charge is 0.282 e. The van der Waals surface area contributed by atoms with E-state index in [2.05, 4.69) is 10.6 Å². The molecule has 4 aliphatic carbocycles. The number of quaternary nitrogens is 1. The van der Waals surface area contributed by atoms with Gasteiger partial charge in [0.25, 0.3) is 5.91 Å². The summed E-state index contributed by atoms with van der Waals surface area (Å²) in [5.74, 6) is 3.69. The van der Waals surface area contributed by atoms with E-state index in [0.717, 1.165) is 30.0 Å². The van der Waals surface area contributed by atoms with E-state index in [1.54, 1.807) is 7.11 Å². The highest BCUT2D eigenvalue weighted by Crippen LogP contribution is 2.59. The van der Waals surface area contributed by atoms with E-state index in [1.165, 1.54) is 38.5 Å². The van der Waals surface area contributed by atoms with E-state index in [1.807, 2.05) is 31.2 Å². The number of para-hydroxylation sites is 2. The average molecular weight is 343 g/mol. The quantitative estimate of drug-likeness (QED) is 0.834. The second kappa shape index (κ2) is 6.64. The summed E-state index contributed by atoms with van der Waals surface area (Å²) in [6.07, 6.45) is 8.62. The van der Waals surface area contributed by atoms with Gasteiger partial charge in [-0.15, -0.1) is 0 Å². The number of nitrogens with two attached hydrogens (primary N) is 1. The molecular formula is C21H31N2O2+. The highest BCUT2D eigenvalue weighted by atomic mass is 16.5. The average Bonchev–Trinajstić information content (AvgIpc) is 2.59. The van der Waals surface area contributed by atoms with Crippen molar-refractivity contribution >= 4 is 11.6 Å². The number of methoxy groups -OCH3 is 1. The number of rotatable bonds is 6. The first kappa shape index (κ1) is 16.9. The molecule has 0 saturated heterocycles. The van der Waals surface area contributed by atoms with Crippen molar-refractivity contribution in [2.75, 3.05) is 19.0 Å². The predicted molar refractivity (Wildman–Crippen MR) is 98.5 cm³/mol. The van der Waals surface area contributed by atoms with Gasteiger partial charge in [-0.3, -0.25) is 4.79 Å². The molecular weight excluding hydrogens is 312 g/mol. The summed E-state index contributed by atoms with van der Waals surface area (Å²) < 4.78 is 5.33. The van der Waals surface area contributed by atoms with Crippen LogP contribution in [0.15, 0.2) is 24.3 Å². The van der Waals surface area contributed by atoms with Crippen molar-refractivity contribution in [3.8, 4) is 5.75 Å². The molecule has 25 heavy (non-hydrogen) atoms. The Morgan fingerprint density at radius 1 is 1.20 bits per heavy atom. The molecule has 0 aromatic heterocycles.